The van der Waals surface area contributed by atoms with E-state index in [-0.39, 0.29) is 31.2 Å². The Morgan fingerprint density at radius 3 is 2.66 bits per heavy atom. The highest BCUT2D eigenvalue weighted by molar-refractivity contribution is 7.71. The van der Waals surface area contributed by atoms with Gasteiger partial charge in [-0.25, -0.2) is 0 Å². The zero-order valence-corrected chi connectivity index (χ0v) is 16.8. The normalized spacial score (nSPS) is 10.5. The third kappa shape index (κ3) is 5.82. The van der Waals surface area contributed by atoms with Crippen molar-refractivity contribution >= 4 is 29.7 Å². The highest BCUT2D eigenvalue weighted by Crippen LogP contribution is 2.18. The van der Waals surface area contributed by atoms with Crippen LogP contribution >= 0.6 is 12.2 Å². The first-order valence-electron chi connectivity index (χ1n) is 9.22. The molecule has 3 aromatic rings. The summed E-state index contributed by atoms with van der Waals surface area (Å²) < 4.78 is 2.26. The molecule has 0 spiro atoms. The van der Waals surface area contributed by atoms with Crippen molar-refractivity contribution in [3.63, 3.8) is 0 Å². The maximum atomic E-state index is 12.2. The number of carbonyl (C=O) groups is 2. The number of aromatic nitrogens is 4. The Kier molecular flexibility index (Phi) is 6.85. The second-order valence-electron chi connectivity index (χ2n) is 6.51. The van der Waals surface area contributed by atoms with Crippen LogP contribution < -0.4 is 10.6 Å². The van der Waals surface area contributed by atoms with Crippen LogP contribution in [0.3, 0.4) is 0 Å². The molecule has 2 heterocycles. The molecule has 0 aliphatic carbocycles. The first-order valence-corrected chi connectivity index (χ1v) is 9.62. The van der Waals surface area contributed by atoms with Gasteiger partial charge in [0, 0.05) is 37.7 Å². The molecule has 1 aromatic carbocycles. The molecular formula is C20H22N6O2S. The molecule has 9 heteroatoms. The quantitative estimate of drug-likeness (QED) is 0.495. The molecular weight excluding hydrogens is 388 g/mol. The van der Waals surface area contributed by atoms with E-state index in [1.165, 1.54) is 0 Å². The van der Waals surface area contributed by atoms with Gasteiger partial charge in [-0.05, 0) is 31.3 Å². The highest BCUT2D eigenvalue weighted by atomic mass is 32.1. The standard InChI is InChI=1S/C20H22N6O2S/c1-14-4-6-15(7-5-14)19-24-25-20(29)26(19)12-9-17(27)22-11-8-18(28)23-16-3-2-10-21-13-16/h2-7,10,13H,8-9,11-12H2,1H3,(H,22,27)(H,23,28)(H,25,29). The Hall–Kier alpha value is -3.33. The van der Waals surface area contributed by atoms with Crippen molar-refractivity contribution in [2.24, 2.45) is 0 Å². The van der Waals surface area contributed by atoms with Crippen LogP contribution in [0.15, 0.2) is 48.8 Å². The molecule has 2 amide bonds. The first-order chi connectivity index (χ1) is 14.0. The van der Waals surface area contributed by atoms with Crippen LogP contribution in [0.4, 0.5) is 5.69 Å². The molecule has 0 aliphatic rings. The van der Waals surface area contributed by atoms with Gasteiger partial charge in [-0.15, -0.1) is 0 Å². The summed E-state index contributed by atoms with van der Waals surface area (Å²) in [6.45, 7) is 2.67. The molecule has 150 valence electrons. The summed E-state index contributed by atoms with van der Waals surface area (Å²) in [4.78, 5) is 28.0. The van der Waals surface area contributed by atoms with E-state index in [9.17, 15) is 9.59 Å². The molecule has 3 rings (SSSR count). The summed E-state index contributed by atoms with van der Waals surface area (Å²) in [5, 5.41) is 12.5. The summed E-state index contributed by atoms with van der Waals surface area (Å²) in [6, 6.07) is 11.4. The van der Waals surface area contributed by atoms with Crippen LogP contribution in [0.5, 0.6) is 0 Å². The van der Waals surface area contributed by atoms with E-state index in [1.54, 1.807) is 29.1 Å². The lowest BCUT2D eigenvalue weighted by Crippen LogP contribution is -2.28. The Balaban J connectivity index is 1.47. The number of amides is 2. The summed E-state index contributed by atoms with van der Waals surface area (Å²) in [6.07, 6.45) is 3.61. The average Bonchev–Trinajstić information content (AvgIpc) is 3.08. The van der Waals surface area contributed by atoms with Gasteiger partial charge in [0.25, 0.3) is 0 Å². The summed E-state index contributed by atoms with van der Waals surface area (Å²) in [7, 11) is 0. The fourth-order valence-corrected chi connectivity index (χ4v) is 2.95. The fraction of sp³-hybridized carbons (Fsp3) is 0.250. The van der Waals surface area contributed by atoms with Gasteiger partial charge >= 0.3 is 0 Å². The second kappa shape index (κ2) is 9.74. The van der Waals surface area contributed by atoms with Gasteiger partial charge < -0.3 is 10.6 Å². The SMILES string of the molecule is Cc1ccc(-c2n[nH]c(=S)n2CCC(=O)NCCC(=O)Nc2cccnc2)cc1. The minimum absolute atomic E-state index is 0.155. The van der Waals surface area contributed by atoms with Crippen molar-refractivity contribution < 1.29 is 9.59 Å². The van der Waals surface area contributed by atoms with Crippen LogP contribution in [0.2, 0.25) is 0 Å². The number of carbonyl (C=O) groups excluding carboxylic acids is 2. The number of H-pyrrole nitrogens is 1. The molecule has 0 unspecified atom stereocenters. The predicted octanol–water partition coefficient (Wildman–Crippen LogP) is 2.85. The van der Waals surface area contributed by atoms with Crippen molar-refractivity contribution in [1.29, 1.82) is 0 Å². The molecule has 3 N–H and O–H groups in total. The van der Waals surface area contributed by atoms with Crippen molar-refractivity contribution in [3.05, 3.63) is 59.1 Å². The molecule has 0 bridgehead atoms. The van der Waals surface area contributed by atoms with Gasteiger partial charge in [-0.1, -0.05) is 29.8 Å². The summed E-state index contributed by atoms with van der Waals surface area (Å²) >= 11 is 5.29. The second-order valence-corrected chi connectivity index (χ2v) is 6.90. The van der Waals surface area contributed by atoms with Crippen molar-refractivity contribution in [1.82, 2.24) is 25.1 Å². The van der Waals surface area contributed by atoms with Gasteiger partial charge in [0.2, 0.25) is 11.8 Å². The predicted molar refractivity (Wildman–Crippen MR) is 113 cm³/mol. The lowest BCUT2D eigenvalue weighted by molar-refractivity contribution is -0.121. The molecule has 0 saturated heterocycles. The minimum atomic E-state index is -0.183. The smallest absolute Gasteiger partial charge is 0.226 e. The zero-order chi connectivity index (χ0) is 20.6. The Bertz CT molecular complexity index is 1030. The monoisotopic (exact) mass is 410 g/mol. The third-order valence-electron chi connectivity index (χ3n) is 4.25. The van der Waals surface area contributed by atoms with E-state index >= 15 is 0 Å². The number of hydrogen-bond donors (Lipinski definition) is 3. The van der Waals surface area contributed by atoms with Crippen molar-refractivity contribution in [2.45, 2.75) is 26.3 Å². The first kappa shape index (κ1) is 20.4. The van der Waals surface area contributed by atoms with Gasteiger partial charge in [0.05, 0.1) is 11.9 Å². The molecule has 8 nitrogen and oxygen atoms in total. The van der Waals surface area contributed by atoms with E-state index < -0.39 is 0 Å². The molecule has 0 saturated carbocycles. The van der Waals surface area contributed by atoms with E-state index in [4.69, 9.17) is 12.2 Å². The van der Waals surface area contributed by atoms with E-state index in [2.05, 4.69) is 25.8 Å². The van der Waals surface area contributed by atoms with E-state index in [1.807, 2.05) is 31.2 Å². The van der Waals surface area contributed by atoms with Gasteiger partial charge in [-0.2, -0.15) is 5.10 Å². The summed E-state index contributed by atoms with van der Waals surface area (Å²) in [5.41, 5.74) is 2.71. The van der Waals surface area contributed by atoms with Gasteiger partial charge in [-0.3, -0.25) is 24.2 Å². The number of benzene rings is 1. The van der Waals surface area contributed by atoms with Crippen LogP contribution in [0.1, 0.15) is 18.4 Å². The van der Waals surface area contributed by atoms with E-state index in [0.717, 1.165) is 11.1 Å². The molecule has 0 aliphatic heterocycles. The Morgan fingerprint density at radius 1 is 1.14 bits per heavy atom. The van der Waals surface area contributed by atoms with Gasteiger partial charge in [0.15, 0.2) is 10.6 Å². The Morgan fingerprint density at radius 2 is 1.93 bits per heavy atom. The number of nitrogens with zero attached hydrogens (tertiary/aromatic N) is 3. The summed E-state index contributed by atoms with van der Waals surface area (Å²) in [5.74, 6) is 0.354. The van der Waals surface area contributed by atoms with Crippen LogP contribution in [0.25, 0.3) is 11.4 Å². The fourth-order valence-electron chi connectivity index (χ4n) is 2.73. The number of aryl methyl sites for hydroxylation is 1. The highest BCUT2D eigenvalue weighted by Gasteiger charge is 2.11. The van der Waals surface area contributed by atoms with Crippen LogP contribution in [-0.4, -0.2) is 38.1 Å². The van der Waals surface area contributed by atoms with E-state index in [0.29, 0.717) is 22.8 Å². The maximum Gasteiger partial charge on any atom is 0.226 e. The largest absolute Gasteiger partial charge is 0.356 e. The van der Waals surface area contributed by atoms with Gasteiger partial charge in [0.1, 0.15) is 0 Å². The minimum Gasteiger partial charge on any atom is -0.356 e. The third-order valence-corrected chi connectivity index (χ3v) is 4.56. The molecule has 0 radical (unpaired) electrons. The van der Waals surface area contributed by atoms with Crippen LogP contribution in [0, 0.1) is 11.7 Å². The van der Waals surface area contributed by atoms with Crippen molar-refractivity contribution in [2.75, 3.05) is 11.9 Å². The van der Waals surface area contributed by atoms with Crippen LogP contribution in [-0.2, 0) is 16.1 Å². The molecule has 2 aromatic heterocycles. The number of pyridine rings is 1. The maximum absolute atomic E-state index is 12.2. The topological polar surface area (TPSA) is 105 Å². The average molecular weight is 411 g/mol. The molecule has 0 fully saturated rings. The molecule has 29 heavy (non-hydrogen) atoms. The zero-order valence-electron chi connectivity index (χ0n) is 16.0. The number of rotatable bonds is 8. The number of nitrogens with one attached hydrogen (secondary N) is 3. The van der Waals surface area contributed by atoms with Crippen molar-refractivity contribution in [3.8, 4) is 11.4 Å². The lowest BCUT2D eigenvalue weighted by atomic mass is 10.1. The lowest BCUT2D eigenvalue weighted by Gasteiger charge is -2.09. The Labute approximate surface area is 173 Å². The number of anilines is 1. The molecule has 0 atom stereocenters. The number of hydrogen-bond acceptors (Lipinski definition) is 5. The number of aromatic amines is 1.